The number of hydrogen-bond acceptors (Lipinski definition) is 3. The molecule has 0 aliphatic carbocycles. The van der Waals surface area contributed by atoms with Gasteiger partial charge in [0.15, 0.2) is 0 Å². The third-order valence-corrected chi connectivity index (χ3v) is 3.18. The summed E-state index contributed by atoms with van der Waals surface area (Å²) in [6.07, 6.45) is 3.23. The molecule has 2 N–H and O–H groups in total. The van der Waals surface area contributed by atoms with Crippen molar-refractivity contribution < 1.29 is 14.7 Å². The highest BCUT2D eigenvalue weighted by atomic mass is 16.4. The summed E-state index contributed by atoms with van der Waals surface area (Å²) in [6.45, 7) is 1.45. The SMILES string of the molecule is O=C(O)[C@H]1CCCN1C(=O)[C@H]1CCCN1. The summed E-state index contributed by atoms with van der Waals surface area (Å²) >= 11 is 0. The molecule has 0 bridgehead atoms. The topological polar surface area (TPSA) is 69.6 Å². The molecule has 2 saturated heterocycles. The number of hydrogen-bond donors (Lipinski definition) is 2. The first kappa shape index (κ1) is 10.4. The molecular weight excluding hydrogens is 196 g/mol. The van der Waals surface area contributed by atoms with Crippen LogP contribution in [0.3, 0.4) is 0 Å². The summed E-state index contributed by atoms with van der Waals surface area (Å²) in [5, 5.41) is 12.1. The minimum absolute atomic E-state index is 0.0302. The van der Waals surface area contributed by atoms with Gasteiger partial charge >= 0.3 is 5.97 Å². The molecule has 2 aliphatic rings. The molecule has 0 radical (unpaired) electrons. The molecule has 2 rings (SSSR count). The van der Waals surface area contributed by atoms with Crippen LogP contribution in [0.5, 0.6) is 0 Å². The zero-order chi connectivity index (χ0) is 10.8. The second-order valence-corrected chi connectivity index (χ2v) is 4.18. The fourth-order valence-corrected chi connectivity index (χ4v) is 2.38. The van der Waals surface area contributed by atoms with Crippen molar-refractivity contribution in [1.29, 1.82) is 0 Å². The Morgan fingerprint density at radius 1 is 1.27 bits per heavy atom. The second-order valence-electron chi connectivity index (χ2n) is 4.18. The molecule has 2 atom stereocenters. The van der Waals surface area contributed by atoms with Crippen LogP contribution in [-0.2, 0) is 9.59 Å². The van der Waals surface area contributed by atoms with Crippen molar-refractivity contribution in [3.05, 3.63) is 0 Å². The minimum atomic E-state index is -0.876. The van der Waals surface area contributed by atoms with Crippen molar-refractivity contribution in [2.45, 2.75) is 37.8 Å². The summed E-state index contributed by atoms with van der Waals surface area (Å²) in [7, 11) is 0. The maximum Gasteiger partial charge on any atom is 0.326 e. The number of amides is 1. The summed E-state index contributed by atoms with van der Waals surface area (Å²) < 4.78 is 0. The van der Waals surface area contributed by atoms with Crippen LogP contribution in [-0.4, -0.2) is 47.1 Å². The van der Waals surface area contributed by atoms with Gasteiger partial charge in [-0.25, -0.2) is 4.79 Å². The fraction of sp³-hybridized carbons (Fsp3) is 0.800. The Labute approximate surface area is 88.4 Å². The van der Waals surface area contributed by atoms with Gasteiger partial charge in [-0.1, -0.05) is 0 Å². The van der Waals surface area contributed by atoms with Crippen LogP contribution < -0.4 is 5.32 Å². The first-order valence-corrected chi connectivity index (χ1v) is 5.47. The molecule has 2 heterocycles. The van der Waals surface area contributed by atoms with Gasteiger partial charge in [-0.15, -0.1) is 0 Å². The predicted molar refractivity (Wildman–Crippen MR) is 53.4 cm³/mol. The number of likely N-dealkylation sites (tertiary alicyclic amines) is 1. The summed E-state index contributed by atoms with van der Waals surface area (Å²) in [5.41, 5.74) is 0. The minimum Gasteiger partial charge on any atom is -0.480 e. The van der Waals surface area contributed by atoms with E-state index in [1.807, 2.05) is 0 Å². The van der Waals surface area contributed by atoms with Crippen LogP contribution in [0.2, 0.25) is 0 Å². The summed E-state index contributed by atoms with van der Waals surface area (Å²) in [5.74, 6) is -0.906. The van der Waals surface area contributed by atoms with E-state index in [0.29, 0.717) is 13.0 Å². The van der Waals surface area contributed by atoms with Crippen LogP contribution in [0.1, 0.15) is 25.7 Å². The van der Waals surface area contributed by atoms with Crippen molar-refractivity contribution in [3.8, 4) is 0 Å². The lowest BCUT2D eigenvalue weighted by molar-refractivity contribution is -0.148. The van der Waals surface area contributed by atoms with Crippen molar-refractivity contribution in [2.75, 3.05) is 13.1 Å². The molecule has 0 aromatic rings. The second kappa shape index (κ2) is 4.18. The lowest BCUT2D eigenvalue weighted by Crippen LogP contribution is -2.48. The highest BCUT2D eigenvalue weighted by molar-refractivity contribution is 5.87. The van der Waals surface area contributed by atoms with E-state index >= 15 is 0 Å². The highest BCUT2D eigenvalue weighted by Gasteiger charge is 2.37. The van der Waals surface area contributed by atoms with Gasteiger partial charge < -0.3 is 15.3 Å². The molecule has 84 valence electrons. The van der Waals surface area contributed by atoms with Gasteiger partial charge in [-0.3, -0.25) is 4.79 Å². The van der Waals surface area contributed by atoms with E-state index in [9.17, 15) is 9.59 Å². The molecule has 0 saturated carbocycles. The Morgan fingerprint density at radius 3 is 2.67 bits per heavy atom. The molecule has 5 heteroatoms. The normalized spacial score (nSPS) is 30.8. The standard InChI is InChI=1S/C10H16N2O3/c13-9(7-3-1-5-11-7)12-6-2-4-8(12)10(14)15/h7-8,11H,1-6H2,(H,14,15)/t7-,8-/m1/s1. The van der Waals surface area contributed by atoms with Crippen LogP contribution in [0.25, 0.3) is 0 Å². The van der Waals surface area contributed by atoms with E-state index in [4.69, 9.17) is 5.11 Å². The maximum absolute atomic E-state index is 12.0. The van der Waals surface area contributed by atoms with E-state index in [-0.39, 0.29) is 11.9 Å². The molecular formula is C10H16N2O3. The average molecular weight is 212 g/mol. The lowest BCUT2D eigenvalue weighted by atomic mass is 10.1. The van der Waals surface area contributed by atoms with Gasteiger partial charge in [0.2, 0.25) is 5.91 Å². The molecule has 2 fully saturated rings. The zero-order valence-corrected chi connectivity index (χ0v) is 8.61. The van der Waals surface area contributed by atoms with E-state index < -0.39 is 12.0 Å². The Balaban J connectivity index is 2.02. The Bertz CT molecular complexity index is 274. The van der Waals surface area contributed by atoms with Crippen molar-refractivity contribution >= 4 is 11.9 Å². The van der Waals surface area contributed by atoms with Crippen molar-refractivity contribution in [1.82, 2.24) is 10.2 Å². The molecule has 0 aromatic heterocycles. The molecule has 15 heavy (non-hydrogen) atoms. The molecule has 0 unspecified atom stereocenters. The molecule has 0 spiro atoms. The molecule has 0 aromatic carbocycles. The number of carbonyl (C=O) groups excluding carboxylic acids is 1. The number of nitrogens with zero attached hydrogens (tertiary/aromatic N) is 1. The molecule has 2 aliphatic heterocycles. The number of nitrogens with one attached hydrogen (secondary N) is 1. The quantitative estimate of drug-likeness (QED) is 0.666. The number of rotatable bonds is 2. The summed E-state index contributed by atoms with van der Waals surface area (Å²) in [6, 6.07) is -0.746. The lowest BCUT2D eigenvalue weighted by Gasteiger charge is -2.24. The van der Waals surface area contributed by atoms with Crippen molar-refractivity contribution in [2.24, 2.45) is 0 Å². The van der Waals surface area contributed by atoms with Crippen LogP contribution in [0.4, 0.5) is 0 Å². The van der Waals surface area contributed by atoms with Crippen molar-refractivity contribution in [3.63, 3.8) is 0 Å². The third-order valence-electron chi connectivity index (χ3n) is 3.18. The van der Waals surface area contributed by atoms with Gasteiger partial charge in [0, 0.05) is 6.54 Å². The fourth-order valence-electron chi connectivity index (χ4n) is 2.38. The van der Waals surface area contributed by atoms with Gasteiger partial charge in [0.25, 0.3) is 0 Å². The summed E-state index contributed by atoms with van der Waals surface area (Å²) in [4.78, 5) is 24.4. The molecule has 5 nitrogen and oxygen atoms in total. The van der Waals surface area contributed by atoms with Gasteiger partial charge in [0.05, 0.1) is 6.04 Å². The third kappa shape index (κ3) is 1.97. The van der Waals surface area contributed by atoms with E-state index in [1.165, 1.54) is 4.90 Å². The van der Waals surface area contributed by atoms with E-state index in [2.05, 4.69) is 5.32 Å². The number of carboxylic acids is 1. The van der Waals surface area contributed by atoms with E-state index in [0.717, 1.165) is 25.8 Å². The van der Waals surface area contributed by atoms with Gasteiger partial charge in [-0.05, 0) is 32.2 Å². The highest BCUT2D eigenvalue weighted by Crippen LogP contribution is 2.20. The maximum atomic E-state index is 12.0. The van der Waals surface area contributed by atoms with Gasteiger partial charge in [-0.2, -0.15) is 0 Å². The Hall–Kier alpha value is -1.10. The average Bonchev–Trinajstić information content (AvgIpc) is 2.88. The number of aliphatic carboxylic acids is 1. The van der Waals surface area contributed by atoms with Crippen LogP contribution >= 0.6 is 0 Å². The zero-order valence-electron chi connectivity index (χ0n) is 8.61. The van der Waals surface area contributed by atoms with Gasteiger partial charge in [0.1, 0.15) is 6.04 Å². The first-order valence-electron chi connectivity index (χ1n) is 5.47. The Morgan fingerprint density at radius 2 is 2.07 bits per heavy atom. The first-order chi connectivity index (χ1) is 7.20. The molecule has 1 amide bonds. The number of carbonyl (C=O) groups is 2. The Kier molecular flexibility index (Phi) is 2.90. The number of carboxylic acid groups (broad SMARTS) is 1. The predicted octanol–water partition coefficient (Wildman–Crippen LogP) is -0.186. The van der Waals surface area contributed by atoms with E-state index in [1.54, 1.807) is 0 Å². The van der Waals surface area contributed by atoms with Crippen LogP contribution in [0, 0.1) is 0 Å². The monoisotopic (exact) mass is 212 g/mol. The van der Waals surface area contributed by atoms with Crippen LogP contribution in [0.15, 0.2) is 0 Å². The smallest absolute Gasteiger partial charge is 0.326 e. The largest absolute Gasteiger partial charge is 0.480 e.